The molecule has 0 saturated carbocycles. The number of aromatic nitrogens is 3. The first-order chi connectivity index (χ1) is 10.6. The number of carboxylic acid groups (broad SMARTS) is 1. The second-order valence-electron chi connectivity index (χ2n) is 4.91. The summed E-state index contributed by atoms with van der Waals surface area (Å²) < 4.78 is 1.44. The summed E-state index contributed by atoms with van der Waals surface area (Å²) in [4.78, 5) is 34.0. The zero-order valence-electron chi connectivity index (χ0n) is 12.2. The van der Waals surface area contributed by atoms with Crippen LogP contribution in [0.1, 0.15) is 10.4 Å². The van der Waals surface area contributed by atoms with E-state index in [1.807, 2.05) is 4.90 Å². The normalized spacial score (nSPS) is 14.3. The number of carbonyl (C=O) groups is 1. The molecule has 23 heavy (non-hydrogen) atoms. The topological polar surface area (TPSA) is 100 Å². The van der Waals surface area contributed by atoms with Gasteiger partial charge >= 0.3 is 5.97 Å². The van der Waals surface area contributed by atoms with E-state index < -0.39 is 11.4 Å². The first-order valence-corrected chi connectivity index (χ1v) is 6.85. The van der Waals surface area contributed by atoms with Crippen LogP contribution >= 0.6 is 12.4 Å². The van der Waals surface area contributed by atoms with Crippen LogP contribution in [0.25, 0.3) is 17.2 Å². The molecule has 1 aliphatic rings. The van der Waals surface area contributed by atoms with Crippen molar-refractivity contribution in [3.05, 3.63) is 34.8 Å². The van der Waals surface area contributed by atoms with E-state index in [0.29, 0.717) is 11.6 Å². The van der Waals surface area contributed by atoms with Crippen LogP contribution < -0.4 is 15.6 Å². The highest BCUT2D eigenvalue weighted by Crippen LogP contribution is 2.14. The predicted octanol–water partition coefficient (Wildman–Crippen LogP) is 0.422. The molecule has 0 aliphatic carbocycles. The van der Waals surface area contributed by atoms with Crippen LogP contribution in [-0.2, 0) is 0 Å². The Bertz CT molecular complexity index is 814. The lowest BCUT2D eigenvalue weighted by atomic mass is 10.2. The van der Waals surface area contributed by atoms with Crippen molar-refractivity contribution in [2.45, 2.75) is 0 Å². The fourth-order valence-corrected chi connectivity index (χ4v) is 2.43. The highest BCUT2D eigenvalue weighted by atomic mass is 35.5. The van der Waals surface area contributed by atoms with Gasteiger partial charge < -0.3 is 19.9 Å². The average Bonchev–Trinajstić information content (AvgIpc) is 2.55. The van der Waals surface area contributed by atoms with Gasteiger partial charge in [0.15, 0.2) is 5.65 Å². The third-order valence-electron chi connectivity index (χ3n) is 3.58. The monoisotopic (exact) mass is 337 g/mol. The smallest absolute Gasteiger partial charge is 0.341 e. The Labute approximate surface area is 137 Å². The molecule has 2 aromatic heterocycles. The molecule has 0 aromatic carbocycles. The maximum atomic E-state index is 12.2. The van der Waals surface area contributed by atoms with Crippen molar-refractivity contribution in [2.24, 2.45) is 0 Å². The molecule has 0 atom stereocenters. The number of hydrogen-bond donors (Lipinski definition) is 2. The molecule has 3 heterocycles. The average molecular weight is 338 g/mol. The van der Waals surface area contributed by atoms with Gasteiger partial charge in [-0.15, -0.1) is 12.4 Å². The number of nitrogens with zero attached hydrogens (tertiary/aromatic N) is 4. The first kappa shape index (κ1) is 16.9. The summed E-state index contributed by atoms with van der Waals surface area (Å²) >= 11 is 0. The van der Waals surface area contributed by atoms with Crippen molar-refractivity contribution in [2.75, 3.05) is 31.1 Å². The summed E-state index contributed by atoms with van der Waals surface area (Å²) in [6.45, 7) is 6.87. The highest BCUT2D eigenvalue weighted by Gasteiger charge is 2.18. The molecule has 1 saturated heterocycles. The number of halogens is 1. The minimum atomic E-state index is -1.28. The molecule has 0 radical (unpaired) electrons. The van der Waals surface area contributed by atoms with Crippen molar-refractivity contribution in [1.29, 1.82) is 0 Å². The van der Waals surface area contributed by atoms with E-state index in [1.165, 1.54) is 23.2 Å². The Morgan fingerprint density at radius 3 is 2.70 bits per heavy atom. The second-order valence-corrected chi connectivity index (χ2v) is 4.91. The molecule has 0 bridgehead atoms. The molecule has 2 aromatic rings. The van der Waals surface area contributed by atoms with Crippen LogP contribution in [-0.4, -0.2) is 51.8 Å². The van der Waals surface area contributed by atoms with Gasteiger partial charge in [-0.25, -0.2) is 9.78 Å². The lowest BCUT2D eigenvalue weighted by molar-refractivity contribution is 0.0695. The van der Waals surface area contributed by atoms with Gasteiger partial charge in [-0.2, -0.15) is 4.98 Å². The van der Waals surface area contributed by atoms with Crippen molar-refractivity contribution < 1.29 is 9.90 Å². The van der Waals surface area contributed by atoms with E-state index in [0.717, 1.165) is 26.2 Å². The Morgan fingerprint density at radius 1 is 1.39 bits per heavy atom. The molecular weight excluding hydrogens is 322 g/mol. The third-order valence-corrected chi connectivity index (χ3v) is 3.58. The maximum absolute atomic E-state index is 12.2. The molecule has 122 valence electrons. The molecule has 2 N–H and O–H groups in total. The van der Waals surface area contributed by atoms with Crippen LogP contribution in [0.5, 0.6) is 0 Å². The van der Waals surface area contributed by atoms with Gasteiger partial charge in [0.2, 0.25) is 11.4 Å². The molecule has 0 amide bonds. The predicted molar refractivity (Wildman–Crippen MR) is 89.5 cm³/mol. The van der Waals surface area contributed by atoms with Gasteiger partial charge in [-0.3, -0.25) is 4.79 Å². The SMILES string of the molecule is C=Cn1cc(C(=O)O)c(=O)c2cnc(N3CCNCC3)nc21.Cl. The minimum absolute atomic E-state index is 0. The zero-order chi connectivity index (χ0) is 15.7. The molecule has 9 heteroatoms. The number of nitrogens with one attached hydrogen (secondary N) is 1. The summed E-state index contributed by atoms with van der Waals surface area (Å²) in [6.07, 6.45) is 4.03. The summed E-state index contributed by atoms with van der Waals surface area (Å²) in [7, 11) is 0. The van der Waals surface area contributed by atoms with Gasteiger partial charge in [-0.05, 0) is 0 Å². The van der Waals surface area contributed by atoms with Crippen molar-refractivity contribution in [3.63, 3.8) is 0 Å². The minimum Gasteiger partial charge on any atom is -0.477 e. The standard InChI is InChI=1S/C14H15N5O3.ClH/c1-2-18-8-10(13(21)22)11(20)9-7-16-14(17-12(9)18)19-5-3-15-4-6-19;/h2,7-8,15H,1,3-6H2,(H,21,22);1H. The first-order valence-electron chi connectivity index (χ1n) is 6.85. The highest BCUT2D eigenvalue weighted by molar-refractivity contribution is 5.92. The van der Waals surface area contributed by atoms with Crippen LogP contribution in [0.15, 0.2) is 23.8 Å². The molecule has 0 spiro atoms. The Morgan fingerprint density at radius 2 is 2.09 bits per heavy atom. The van der Waals surface area contributed by atoms with E-state index in [2.05, 4.69) is 21.9 Å². The molecular formula is C14H16ClN5O3. The number of pyridine rings is 1. The molecule has 0 unspecified atom stereocenters. The number of hydrogen-bond acceptors (Lipinski definition) is 6. The quantitative estimate of drug-likeness (QED) is 0.837. The molecule has 1 aliphatic heterocycles. The van der Waals surface area contributed by atoms with E-state index in [4.69, 9.17) is 5.11 Å². The summed E-state index contributed by atoms with van der Waals surface area (Å²) in [5, 5.41) is 12.5. The van der Waals surface area contributed by atoms with E-state index in [-0.39, 0.29) is 23.4 Å². The van der Waals surface area contributed by atoms with Crippen molar-refractivity contribution in [3.8, 4) is 0 Å². The summed E-state index contributed by atoms with van der Waals surface area (Å²) in [5.41, 5.74) is -0.563. The van der Waals surface area contributed by atoms with Gasteiger partial charge in [0.25, 0.3) is 0 Å². The number of fused-ring (bicyclic) bond motifs is 1. The number of aromatic carboxylic acids is 1. The number of rotatable bonds is 3. The van der Waals surface area contributed by atoms with E-state index in [1.54, 1.807) is 0 Å². The number of carboxylic acids is 1. The third kappa shape index (κ3) is 3.03. The van der Waals surface area contributed by atoms with Gasteiger partial charge in [0.1, 0.15) is 5.56 Å². The fourth-order valence-electron chi connectivity index (χ4n) is 2.43. The molecule has 8 nitrogen and oxygen atoms in total. The molecule has 3 rings (SSSR count). The van der Waals surface area contributed by atoms with E-state index >= 15 is 0 Å². The van der Waals surface area contributed by atoms with Crippen LogP contribution in [0.2, 0.25) is 0 Å². The van der Waals surface area contributed by atoms with Crippen molar-refractivity contribution >= 4 is 41.6 Å². The van der Waals surface area contributed by atoms with Gasteiger partial charge in [0, 0.05) is 44.8 Å². The van der Waals surface area contributed by atoms with Gasteiger partial charge in [-0.1, -0.05) is 6.58 Å². The molecule has 1 fully saturated rings. The lowest BCUT2D eigenvalue weighted by Gasteiger charge is -2.27. The second kappa shape index (κ2) is 6.76. The maximum Gasteiger partial charge on any atom is 0.341 e. The lowest BCUT2D eigenvalue weighted by Crippen LogP contribution is -2.44. The van der Waals surface area contributed by atoms with Crippen LogP contribution in [0.3, 0.4) is 0 Å². The number of anilines is 1. The Balaban J connectivity index is 0.00000192. The van der Waals surface area contributed by atoms with Gasteiger partial charge in [0.05, 0.1) is 5.39 Å². The summed E-state index contributed by atoms with van der Waals surface area (Å²) in [6, 6.07) is 0. The zero-order valence-corrected chi connectivity index (χ0v) is 13.0. The fraction of sp³-hybridized carbons (Fsp3) is 0.286. The van der Waals surface area contributed by atoms with Crippen LogP contribution in [0, 0.1) is 0 Å². The Hall–Kier alpha value is -2.45. The number of piperazine rings is 1. The Kier molecular flexibility index (Phi) is 4.97. The largest absolute Gasteiger partial charge is 0.477 e. The van der Waals surface area contributed by atoms with Crippen molar-refractivity contribution in [1.82, 2.24) is 19.9 Å². The summed E-state index contributed by atoms with van der Waals surface area (Å²) in [5.74, 6) is -0.763. The van der Waals surface area contributed by atoms with Crippen LogP contribution in [0.4, 0.5) is 5.95 Å². The van der Waals surface area contributed by atoms with E-state index in [9.17, 15) is 9.59 Å².